The second-order valence-corrected chi connectivity index (χ2v) is 11.1. The van der Waals surface area contributed by atoms with E-state index < -0.39 is 11.6 Å². The largest absolute Gasteiger partial charge is 0.373 e. The van der Waals surface area contributed by atoms with E-state index in [-0.39, 0.29) is 24.2 Å². The predicted molar refractivity (Wildman–Crippen MR) is 159 cm³/mol. The van der Waals surface area contributed by atoms with E-state index in [9.17, 15) is 9.59 Å². The van der Waals surface area contributed by atoms with Gasteiger partial charge in [0.2, 0.25) is 11.6 Å². The predicted octanol–water partition coefficient (Wildman–Crippen LogP) is 6.47. The van der Waals surface area contributed by atoms with E-state index in [4.69, 9.17) is 0 Å². The molecule has 7 heteroatoms. The molecule has 0 aliphatic carbocycles. The van der Waals surface area contributed by atoms with Crippen LogP contribution in [-0.4, -0.2) is 52.2 Å². The molecule has 2 aliphatic rings. The van der Waals surface area contributed by atoms with Crippen molar-refractivity contribution >= 4 is 28.3 Å². The van der Waals surface area contributed by atoms with Crippen LogP contribution in [0.15, 0.2) is 54.4 Å². The summed E-state index contributed by atoms with van der Waals surface area (Å²) in [7, 11) is 3.87. The molecule has 2 atom stereocenters. The molecule has 5 rings (SSSR count). The molecule has 0 saturated carbocycles. The van der Waals surface area contributed by atoms with E-state index in [2.05, 4.69) is 16.8 Å². The van der Waals surface area contributed by atoms with Crippen LogP contribution in [0.2, 0.25) is 0 Å². The Kier molecular flexibility index (Phi) is 7.92. The fourth-order valence-electron chi connectivity index (χ4n) is 6.25. The van der Waals surface area contributed by atoms with Gasteiger partial charge in [0.1, 0.15) is 11.5 Å². The number of likely N-dealkylation sites (N-methyl/N-ethyl adjacent to an activating group) is 1. The van der Waals surface area contributed by atoms with Crippen LogP contribution >= 0.6 is 0 Å². The van der Waals surface area contributed by atoms with Crippen molar-refractivity contribution in [2.45, 2.75) is 64.8 Å². The molecule has 1 fully saturated rings. The normalized spacial score (nSPS) is 17.9. The van der Waals surface area contributed by atoms with Gasteiger partial charge in [-0.3, -0.25) is 9.59 Å². The molecule has 0 bridgehead atoms. The fourth-order valence-corrected chi connectivity index (χ4v) is 6.25. The third kappa shape index (κ3) is 4.98. The van der Waals surface area contributed by atoms with Crippen molar-refractivity contribution in [1.82, 2.24) is 14.5 Å². The Bertz CT molecular complexity index is 1510. The molecule has 0 radical (unpaired) electrons. The van der Waals surface area contributed by atoms with Gasteiger partial charge in [0, 0.05) is 85.5 Å². The Hall–Kier alpha value is -3.74. The summed E-state index contributed by atoms with van der Waals surface area (Å²) in [5, 5.41) is 0.856. The average Bonchev–Trinajstić information content (AvgIpc) is 3.59. The number of nitrogens with zero attached hydrogens (tertiary/aromatic N) is 4. The maximum Gasteiger partial charge on any atom is 0.230 e. The Morgan fingerprint density at radius 3 is 2.55 bits per heavy atom. The molecule has 210 valence electrons. The molecule has 0 amide bonds. The Morgan fingerprint density at radius 1 is 1.12 bits per heavy atom. The van der Waals surface area contributed by atoms with E-state index in [1.54, 1.807) is 24.5 Å². The van der Waals surface area contributed by atoms with Crippen molar-refractivity contribution < 1.29 is 14.0 Å². The second-order valence-electron chi connectivity index (χ2n) is 11.1. The van der Waals surface area contributed by atoms with E-state index in [1.165, 1.54) is 0 Å². The number of aryl methyl sites for hydroxylation is 1. The smallest absolute Gasteiger partial charge is 0.230 e. The number of pyridine rings is 1. The zero-order chi connectivity index (χ0) is 28.6. The first-order chi connectivity index (χ1) is 19.2. The summed E-state index contributed by atoms with van der Waals surface area (Å²) in [5.41, 5.74) is 5.38. The minimum Gasteiger partial charge on any atom is -0.373 e. The van der Waals surface area contributed by atoms with Gasteiger partial charge in [-0.15, -0.1) is 0 Å². The van der Waals surface area contributed by atoms with Crippen molar-refractivity contribution in [2.24, 2.45) is 7.05 Å². The number of allylic oxidation sites excluding steroid dienone is 2. The topological polar surface area (TPSA) is 58.4 Å². The summed E-state index contributed by atoms with van der Waals surface area (Å²) in [5.74, 6) is -1.36. The highest BCUT2D eigenvalue weighted by atomic mass is 19.1. The maximum atomic E-state index is 15.5. The highest BCUT2D eigenvalue weighted by Gasteiger charge is 2.28. The SMILES string of the molecule is CCC(CC(=O)C(=O)C1=CN(C)C(CC)C=C1)c1ccnc2c1c(-c1cc(N3CCCC3)ccc1F)c(C)n2C. The summed E-state index contributed by atoms with van der Waals surface area (Å²) in [6.07, 6.45) is 11.2. The average molecular weight is 543 g/mol. The van der Waals surface area contributed by atoms with Crippen LogP contribution in [0, 0.1) is 12.7 Å². The Labute approximate surface area is 236 Å². The number of carbonyl (C=O) groups is 2. The molecular formula is C33H39FN4O2. The minimum absolute atomic E-state index is 0.0875. The van der Waals surface area contributed by atoms with Gasteiger partial charge in [-0.05, 0) is 68.4 Å². The van der Waals surface area contributed by atoms with Crippen molar-refractivity contribution in [3.05, 3.63) is 71.5 Å². The summed E-state index contributed by atoms with van der Waals surface area (Å²) in [4.78, 5) is 35.4. The number of rotatable bonds is 9. The van der Waals surface area contributed by atoms with E-state index in [0.717, 1.165) is 65.9 Å². The molecule has 0 N–H and O–H groups in total. The monoisotopic (exact) mass is 542 g/mol. The molecule has 6 nitrogen and oxygen atoms in total. The van der Waals surface area contributed by atoms with Gasteiger partial charge in [0.05, 0.1) is 0 Å². The second kappa shape index (κ2) is 11.4. The zero-order valence-corrected chi connectivity index (χ0v) is 24.2. The standard InChI is InChI=1S/C33H39FN4O2/c1-6-22(18-29(39)32(40)23-10-11-24(7-2)36(4)20-23)26-14-15-35-33-31(26)30(21(3)37(33)5)27-19-25(12-13-28(27)34)38-16-8-9-17-38/h10-15,19-20,22,24H,6-9,16-18H2,1-5H3. The third-order valence-corrected chi connectivity index (χ3v) is 8.75. The number of fused-ring (bicyclic) bond motifs is 1. The lowest BCUT2D eigenvalue weighted by atomic mass is 9.86. The molecular weight excluding hydrogens is 503 g/mol. The lowest BCUT2D eigenvalue weighted by Gasteiger charge is -2.27. The molecule has 2 aliphatic heterocycles. The summed E-state index contributed by atoms with van der Waals surface area (Å²) < 4.78 is 17.5. The first-order valence-electron chi connectivity index (χ1n) is 14.4. The maximum absolute atomic E-state index is 15.5. The molecule has 4 heterocycles. The number of Topliss-reactive ketones (excluding diaryl/α,β-unsaturated/α-hetero) is 2. The van der Waals surface area contributed by atoms with Gasteiger partial charge in [-0.1, -0.05) is 26.0 Å². The summed E-state index contributed by atoms with van der Waals surface area (Å²) >= 11 is 0. The minimum atomic E-state index is -0.463. The van der Waals surface area contributed by atoms with Crippen molar-refractivity contribution in [1.29, 1.82) is 0 Å². The lowest BCUT2D eigenvalue weighted by Crippen LogP contribution is -2.29. The molecule has 2 aromatic heterocycles. The van der Waals surface area contributed by atoms with Crippen LogP contribution < -0.4 is 4.90 Å². The molecule has 0 spiro atoms. The van der Waals surface area contributed by atoms with Gasteiger partial charge < -0.3 is 14.4 Å². The van der Waals surface area contributed by atoms with E-state index >= 15 is 4.39 Å². The number of carbonyl (C=O) groups excluding carboxylic acids is 2. The molecule has 3 aromatic rings. The number of benzene rings is 1. The number of hydrogen-bond donors (Lipinski definition) is 0. The first-order valence-corrected chi connectivity index (χ1v) is 14.4. The van der Waals surface area contributed by atoms with Crippen LogP contribution in [0.25, 0.3) is 22.2 Å². The van der Waals surface area contributed by atoms with Crippen LogP contribution in [-0.2, 0) is 16.6 Å². The van der Waals surface area contributed by atoms with Crippen molar-refractivity contribution in [3.8, 4) is 11.1 Å². The molecule has 1 aromatic carbocycles. The van der Waals surface area contributed by atoms with E-state index in [1.807, 2.05) is 61.7 Å². The van der Waals surface area contributed by atoms with Crippen molar-refractivity contribution in [3.63, 3.8) is 0 Å². The highest BCUT2D eigenvalue weighted by Crippen LogP contribution is 2.41. The zero-order valence-electron chi connectivity index (χ0n) is 24.2. The van der Waals surface area contributed by atoms with Gasteiger partial charge in [0.25, 0.3) is 0 Å². The third-order valence-electron chi connectivity index (χ3n) is 8.75. The van der Waals surface area contributed by atoms with Gasteiger partial charge in [0.15, 0.2) is 0 Å². The van der Waals surface area contributed by atoms with E-state index in [0.29, 0.717) is 17.6 Å². The summed E-state index contributed by atoms with van der Waals surface area (Å²) in [6, 6.07) is 7.53. The van der Waals surface area contributed by atoms with Gasteiger partial charge in [-0.25, -0.2) is 9.37 Å². The first kappa shape index (κ1) is 27.8. The molecule has 40 heavy (non-hydrogen) atoms. The van der Waals surface area contributed by atoms with Gasteiger partial charge >= 0.3 is 0 Å². The summed E-state index contributed by atoms with van der Waals surface area (Å²) in [6.45, 7) is 8.05. The van der Waals surface area contributed by atoms with Crippen LogP contribution in [0.5, 0.6) is 0 Å². The number of hydrogen-bond acceptors (Lipinski definition) is 5. The van der Waals surface area contributed by atoms with Crippen LogP contribution in [0.4, 0.5) is 10.1 Å². The fraction of sp³-hybridized carbons (Fsp3) is 0.424. The number of anilines is 1. The number of halogens is 1. The number of aromatic nitrogens is 2. The molecule has 1 saturated heterocycles. The van der Waals surface area contributed by atoms with Crippen LogP contribution in [0.1, 0.15) is 63.1 Å². The lowest BCUT2D eigenvalue weighted by molar-refractivity contribution is -0.134. The van der Waals surface area contributed by atoms with Crippen molar-refractivity contribution in [2.75, 3.05) is 25.0 Å². The van der Waals surface area contributed by atoms with Gasteiger partial charge in [-0.2, -0.15) is 0 Å². The number of ketones is 2. The Balaban J connectivity index is 1.54. The molecule has 2 unspecified atom stereocenters. The Morgan fingerprint density at radius 2 is 1.88 bits per heavy atom. The quantitative estimate of drug-likeness (QED) is 0.290. The van der Waals surface area contributed by atoms with Crippen LogP contribution in [0.3, 0.4) is 0 Å². The highest BCUT2D eigenvalue weighted by molar-refractivity contribution is 6.44.